The van der Waals surface area contributed by atoms with Crippen molar-refractivity contribution < 1.29 is 41.8 Å². The van der Waals surface area contributed by atoms with Gasteiger partial charge in [0, 0.05) is 35.4 Å². The zero-order chi connectivity index (χ0) is 39.9. The summed E-state index contributed by atoms with van der Waals surface area (Å²) in [5.74, 6) is -3.01. The van der Waals surface area contributed by atoms with Gasteiger partial charge >= 0.3 is 5.97 Å². The summed E-state index contributed by atoms with van der Waals surface area (Å²) in [7, 11) is -2.33. The number of benzene rings is 2. The number of fused-ring (bicyclic) bond motifs is 1. The topological polar surface area (TPSA) is 170 Å². The Labute approximate surface area is 322 Å². The molecule has 13 nitrogen and oxygen atoms in total. The van der Waals surface area contributed by atoms with Gasteiger partial charge in [-0.2, -0.15) is 0 Å². The van der Waals surface area contributed by atoms with Gasteiger partial charge in [0.2, 0.25) is 21.8 Å². The molecule has 1 aromatic heterocycles. The number of sulfonamides is 1. The van der Waals surface area contributed by atoms with Crippen molar-refractivity contribution in [3.63, 3.8) is 0 Å². The number of aromatic nitrogens is 1. The number of esters is 1. The molecule has 3 amide bonds. The molecule has 3 aliphatic rings. The number of nitrogens with one attached hydrogen (secondary N) is 2. The number of likely N-dealkylation sites (tertiary alicyclic amines) is 1. The molecule has 294 valence electrons. The molecule has 3 aromatic rings. The molecule has 0 bridgehead atoms. The first-order chi connectivity index (χ1) is 25.9. The molecule has 3 fully saturated rings. The van der Waals surface area contributed by atoms with Crippen LogP contribution in [0.3, 0.4) is 0 Å². The Bertz CT molecular complexity index is 2100. The van der Waals surface area contributed by atoms with Gasteiger partial charge in [0.25, 0.3) is 5.91 Å². The van der Waals surface area contributed by atoms with Crippen molar-refractivity contribution in [2.24, 2.45) is 17.8 Å². The van der Waals surface area contributed by atoms with Crippen LogP contribution in [-0.2, 0) is 33.9 Å². The zero-order valence-corrected chi connectivity index (χ0v) is 33.0. The predicted octanol–water partition coefficient (Wildman–Crippen LogP) is 4.93. The number of methoxy groups -OCH3 is 1. The van der Waals surface area contributed by atoms with E-state index in [9.17, 15) is 27.6 Å². The Morgan fingerprint density at radius 1 is 1.07 bits per heavy atom. The van der Waals surface area contributed by atoms with E-state index in [4.69, 9.17) is 19.2 Å². The Balaban J connectivity index is 1.33. The number of hydrogen-bond acceptors (Lipinski definition) is 10. The first-order valence-electron chi connectivity index (χ1n) is 18.7. The number of rotatable bonds is 14. The lowest BCUT2D eigenvalue weighted by Crippen LogP contribution is -2.57. The molecular weight excluding hydrogens is 725 g/mol. The quantitative estimate of drug-likeness (QED) is 0.169. The van der Waals surface area contributed by atoms with Crippen LogP contribution < -0.4 is 19.5 Å². The summed E-state index contributed by atoms with van der Waals surface area (Å²) in [5, 5.41) is 2.87. The average molecular weight is 775 g/mol. The number of ether oxygens (including phenoxy) is 3. The van der Waals surface area contributed by atoms with E-state index in [2.05, 4.69) is 16.6 Å². The molecule has 2 N–H and O–H groups in total. The number of pyridine rings is 1. The molecule has 2 aliphatic carbocycles. The van der Waals surface area contributed by atoms with E-state index >= 15 is 0 Å². The zero-order valence-electron chi connectivity index (χ0n) is 32.2. The van der Waals surface area contributed by atoms with Crippen LogP contribution in [0.4, 0.5) is 0 Å². The van der Waals surface area contributed by atoms with Crippen LogP contribution in [0.2, 0.25) is 0 Å². The maximum absolute atomic E-state index is 14.5. The molecule has 0 radical (unpaired) electrons. The van der Waals surface area contributed by atoms with Gasteiger partial charge in [-0.3, -0.25) is 23.9 Å². The highest BCUT2D eigenvalue weighted by Gasteiger charge is 2.62. The number of hydrogen-bond donors (Lipinski definition) is 2. The SMILES string of the molecule is C=C[C@@H]1C[C@]1(NC(=O)[C@@H]1C[C@@H](Oc2cc(-c3ccccc3)nc3cc(OC)ccc23)CN1C(=O)[C@@H](CC(=O)OC(C)(C)C)C(C)C)C(=O)NS(=O)(=O)C1CC1. The van der Waals surface area contributed by atoms with E-state index in [-0.39, 0.29) is 31.7 Å². The van der Waals surface area contributed by atoms with E-state index < -0.39 is 74.1 Å². The third-order valence-corrected chi connectivity index (χ3v) is 12.2. The molecule has 1 saturated heterocycles. The summed E-state index contributed by atoms with van der Waals surface area (Å²) < 4.78 is 45.4. The van der Waals surface area contributed by atoms with Crippen molar-refractivity contribution in [3.05, 3.63) is 67.3 Å². The summed E-state index contributed by atoms with van der Waals surface area (Å²) in [6.45, 7) is 12.7. The van der Waals surface area contributed by atoms with E-state index in [1.54, 1.807) is 40.0 Å². The first kappa shape index (κ1) is 39.7. The van der Waals surface area contributed by atoms with E-state index in [0.29, 0.717) is 40.9 Å². The summed E-state index contributed by atoms with van der Waals surface area (Å²) in [6, 6.07) is 15.7. The molecule has 6 rings (SSSR count). The van der Waals surface area contributed by atoms with Crippen molar-refractivity contribution in [2.75, 3.05) is 13.7 Å². The van der Waals surface area contributed by atoms with Crippen LogP contribution in [0.1, 0.15) is 66.7 Å². The summed E-state index contributed by atoms with van der Waals surface area (Å²) in [6.07, 6.45) is 1.73. The normalized spacial score (nSPS) is 22.8. The average Bonchev–Trinajstić information content (AvgIpc) is 4.06. The smallest absolute Gasteiger partial charge is 0.307 e. The van der Waals surface area contributed by atoms with Crippen LogP contribution in [0, 0.1) is 17.8 Å². The Hall–Kier alpha value is -4.98. The van der Waals surface area contributed by atoms with Gasteiger partial charge in [-0.1, -0.05) is 50.3 Å². The second kappa shape index (κ2) is 15.3. The molecule has 55 heavy (non-hydrogen) atoms. The lowest BCUT2D eigenvalue weighted by molar-refractivity contribution is -0.159. The van der Waals surface area contributed by atoms with E-state index in [1.165, 1.54) is 11.0 Å². The predicted molar refractivity (Wildman–Crippen MR) is 206 cm³/mol. The van der Waals surface area contributed by atoms with E-state index in [0.717, 1.165) is 5.56 Å². The van der Waals surface area contributed by atoms with E-state index in [1.807, 2.05) is 56.3 Å². The van der Waals surface area contributed by atoms with Gasteiger partial charge in [0.05, 0.1) is 42.5 Å². The molecule has 0 unspecified atom stereocenters. The fraction of sp³-hybridized carbons (Fsp3) is 0.488. The lowest BCUT2D eigenvalue weighted by Gasteiger charge is -2.31. The largest absolute Gasteiger partial charge is 0.497 e. The molecule has 2 saturated carbocycles. The van der Waals surface area contributed by atoms with Crippen LogP contribution >= 0.6 is 0 Å². The van der Waals surface area contributed by atoms with Gasteiger partial charge in [-0.05, 0) is 58.1 Å². The van der Waals surface area contributed by atoms with Crippen molar-refractivity contribution in [2.45, 2.75) is 95.3 Å². The van der Waals surface area contributed by atoms with Crippen molar-refractivity contribution in [1.29, 1.82) is 0 Å². The Morgan fingerprint density at radius 3 is 2.38 bits per heavy atom. The fourth-order valence-corrected chi connectivity index (χ4v) is 8.48. The van der Waals surface area contributed by atoms with Crippen LogP contribution in [0.15, 0.2) is 67.3 Å². The minimum Gasteiger partial charge on any atom is -0.497 e. The second-order valence-electron chi connectivity index (χ2n) is 16.1. The van der Waals surface area contributed by atoms with Crippen molar-refractivity contribution in [1.82, 2.24) is 19.9 Å². The molecule has 2 aromatic carbocycles. The molecular formula is C41H50N4O9S. The van der Waals surface area contributed by atoms with Crippen LogP contribution in [-0.4, -0.2) is 84.2 Å². The number of carbonyl (C=O) groups excluding carboxylic acids is 4. The highest BCUT2D eigenvalue weighted by molar-refractivity contribution is 7.91. The molecule has 1 aliphatic heterocycles. The third-order valence-electron chi connectivity index (χ3n) is 10.4. The van der Waals surface area contributed by atoms with Crippen LogP contribution in [0.5, 0.6) is 11.5 Å². The minimum absolute atomic E-state index is 0.00472. The van der Waals surface area contributed by atoms with Crippen LogP contribution in [0.25, 0.3) is 22.2 Å². The molecule has 0 spiro atoms. The lowest BCUT2D eigenvalue weighted by atomic mass is 9.90. The fourth-order valence-electron chi connectivity index (χ4n) is 7.12. The second-order valence-corrected chi connectivity index (χ2v) is 18.0. The van der Waals surface area contributed by atoms with Crippen molar-refractivity contribution >= 4 is 44.6 Å². The van der Waals surface area contributed by atoms with Gasteiger partial charge in [0.15, 0.2) is 0 Å². The van der Waals surface area contributed by atoms with Crippen molar-refractivity contribution in [3.8, 4) is 22.8 Å². The highest BCUT2D eigenvalue weighted by atomic mass is 32.2. The maximum Gasteiger partial charge on any atom is 0.307 e. The summed E-state index contributed by atoms with van der Waals surface area (Å²) in [4.78, 5) is 61.7. The number of nitrogens with zero attached hydrogens (tertiary/aromatic N) is 2. The maximum atomic E-state index is 14.5. The number of amides is 3. The monoisotopic (exact) mass is 774 g/mol. The Morgan fingerprint density at radius 2 is 1.78 bits per heavy atom. The van der Waals surface area contributed by atoms with Gasteiger partial charge in [0.1, 0.15) is 34.8 Å². The summed E-state index contributed by atoms with van der Waals surface area (Å²) >= 11 is 0. The standard InChI is InChI=1S/C41H50N4O9S/c1-8-26-22-41(26,39(49)44-55(50,51)29-15-16-29)43-37(47)34-19-28(23-45(34)38(48)31(24(2)3)20-36(46)54-40(4,5)6)53-35-21-32(25-12-10-9-11-13-25)42-33-18-27(52-7)14-17-30(33)35/h8-14,17-18,21,24,26,28-29,31,34H,1,15-16,19-20,22-23H2,2-7H3,(H,43,47)(H,44,49)/t26-,28-,31+,34+,41-/m1/s1. The first-order valence-corrected chi connectivity index (χ1v) is 20.2. The Kier molecular flexibility index (Phi) is 11.0. The minimum atomic E-state index is -3.90. The molecule has 2 heterocycles. The molecule has 14 heteroatoms. The highest BCUT2D eigenvalue weighted by Crippen LogP contribution is 2.46. The third kappa shape index (κ3) is 8.79. The van der Waals surface area contributed by atoms with Gasteiger partial charge in [-0.25, -0.2) is 13.4 Å². The molecule has 5 atom stereocenters. The van der Waals surface area contributed by atoms with Gasteiger partial charge in [-0.15, -0.1) is 6.58 Å². The van der Waals surface area contributed by atoms with Gasteiger partial charge < -0.3 is 24.4 Å². The summed E-state index contributed by atoms with van der Waals surface area (Å²) in [5.41, 5.74) is -0.195. The number of carbonyl (C=O) groups is 4.